The molecule has 6 heteroatoms. The lowest BCUT2D eigenvalue weighted by Crippen LogP contribution is -2.05. The standard InChI is InChI=1S/C8H11NO3S.H2S/c1-13(10,11)12-8-4-2-7(6-9)3-5-8;/h2-5H,6,9H2,1H3;1H2. The molecule has 80 valence electrons. The van der Waals surface area contributed by atoms with Crippen molar-refractivity contribution in [3.05, 3.63) is 29.8 Å². The summed E-state index contributed by atoms with van der Waals surface area (Å²) in [6.07, 6.45) is 1.00. The Kier molecular flexibility index (Phi) is 4.96. The Morgan fingerprint density at radius 3 is 2.14 bits per heavy atom. The Morgan fingerprint density at radius 1 is 1.29 bits per heavy atom. The summed E-state index contributed by atoms with van der Waals surface area (Å²) in [6.45, 7) is 0.430. The Bertz CT molecular complexity index is 372. The molecule has 0 heterocycles. The zero-order valence-electron chi connectivity index (χ0n) is 7.73. The summed E-state index contributed by atoms with van der Waals surface area (Å²) in [4.78, 5) is 0. The van der Waals surface area contributed by atoms with Crippen LogP contribution in [-0.2, 0) is 16.7 Å². The number of rotatable bonds is 3. The van der Waals surface area contributed by atoms with Crippen molar-refractivity contribution < 1.29 is 12.6 Å². The molecule has 4 nitrogen and oxygen atoms in total. The van der Waals surface area contributed by atoms with Gasteiger partial charge in [0.25, 0.3) is 0 Å². The molecule has 0 aromatic heterocycles. The van der Waals surface area contributed by atoms with Crippen LogP contribution in [0, 0.1) is 0 Å². The fourth-order valence-electron chi connectivity index (χ4n) is 0.856. The van der Waals surface area contributed by atoms with E-state index in [9.17, 15) is 8.42 Å². The Morgan fingerprint density at radius 2 is 1.79 bits per heavy atom. The van der Waals surface area contributed by atoms with Crippen LogP contribution < -0.4 is 9.92 Å². The summed E-state index contributed by atoms with van der Waals surface area (Å²) in [5.41, 5.74) is 6.30. The van der Waals surface area contributed by atoms with Gasteiger partial charge in [0.05, 0.1) is 6.26 Å². The predicted octanol–water partition coefficient (Wildman–Crippen LogP) is 0.597. The Balaban J connectivity index is 0.00000169. The minimum atomic E-state index is -3.43. The van der Waals surface area contributed by atoms with Crippen LogP contribution in [0.1, 0.15) is 5.56 Å². The molecule has 1 aromatic carbocycles. The predicted molar refractivity (Wildman–Crippen MR) is 60.2 cm³/mol. The largest absolute Gasteiger partial charge is 0.383 e. The van der Waals surface area contributed by atoms with Crippen LogP contribution in [-0.4, -0.2) is 14.7 Å². The number of hydrogen-bond donors (Lipinski definition) is 1. The average molecular weight is 235 g/mol. The molecule has 0 amide bonds. The zero-order chi connectivity index (χ0) is 9.90. The highest BCUT2D eigenvalue weighted by Crippen LogP contribution is 2.13. The lowest BCUT2D eigenvalue weighted by Gasteiger charge is -2.02. The monoisotopic (exact) mass is 235 g/mol. The molecule has 2 N–H and O–H groups in total. The van der Waals surface area contributed by atoms with E-state index in [1.807, 2.05) is 0 Å². The summed E-state index contributed by atoms with van der Waals surface area (Å²) in [6, 6.07) is 6.59. The Hall–Kier alpha value is -0.720. The summed E-state index contributed by atoms with van der Waals surface area (Å²) in [7, 11) is -3.43. The van der Waals surface area contributed by atoms with E-state index in [2.05, 4.69) is 4.18 Å². The summed E-state index contributed by atoms with van der Waals surface area (Å²) < 4.78 is 26.0. The molecule has 0 fully saturated rings. The zero-order valence-corrected chi connectivity index (χ0v) is 9.54. The van der Waals surface area contributed by atoms with Gasteiger partial charge in [-0.05, 0) is 17.7 Å². The van der Waals surface area contributed by atoms with Crippen LogP contribution >= 0.6 is 13.5 Å². The van der Waals surface area contributed by atoms with Gasteiger partial charge in [0.1, 0.15) is 5.75 Å². The summed E-state index contributed by atoms with van der Waals surface area (Å²) in [5.74, 6) is 0.305. The first-order valence-electron chi connectivity index (χ1n) is 3.70. The Labute approximate surface area is 90.6 Å². The molecule has 0 aliphatic rings. The molecule has 0 aliphatic heterocycles. The minimum Gasteiger partial charge on any atom is -0.383 e. The molecule has 0 aliphatic carbocycles. The highest BCUT2D eigenvalue weighted by Gasteiger charge is 2.02. The second-order valence-electron chi connectivity index (χ2n) is 2.64. The van der Waals surface area contributed by atoms with Crippen LogP contribution in [0.3, 0.4) is 0 Å². The van der Waals surface area contributed by atoms with Gasteiger partial charge < -0.3 is 9.92 Å². The second-order valence-corrected chi connectivity index (χ2v) is 4.21. The highest BCUT2D eigenvalue weighted by molar-refractivity contribution is 7.86. The molecule has 0 bridgehead atoms. The molecule has 0 radical (unpaired) electrons. The normalized spacial score (nSPS) is 10.4. The lowest BCUT2D eigenvalue weighted by atomic mass is 10.2. The van der Waals surface area contributed by atoms with Gasteiger partial charge >= 0.3 is 10.1 Å². The molecule has 0 atom stereocenters. The van der Waals surface area contributed by atoms with E-state index in [1.165, 1.54) is 0 Å². The number of hydrogen-bond acceptors (Lipinski definition) is 4. The fraction of sp³-hybridized carbons (Fsp3) is 0.250. The van der Waals surface area contributed by atoms with Gasteiger partial charge in [-0.1, -0.05) is 12.1 Å². The molecular formula is C8H13NO3S2. The average Bonchev–Trinajstić information content (AvgIpc) is 2.03. The molecular weight excluding hydrogens is 222 g/mol. The van der Waals surface area contributed by atoms with E-state index in [4.69, 9.17) is 5.73 Å². The number of benzene rings is 1. The third kappa shape index (κ3) is 4.50. The molecule has 0 unspecified atom stereocenters. The van der Waals surface area contributed by atoms with Gasteiger partial charge in [0.2, 0.25) is 0 Å². The van der Waals surface area contributed by atoms with Gasteiger partial charge in [-0.3, -0.25) is 0 Å². The molecule has 0 saturated heterocycles. The molecule has 14 heavy (non-hydrogen) atoms. The quantitative estimate of drug-likeness (QED) is 0.779. The highest BCUT2D eigenvalue weighted by atomic mass is 32.2. The first kappa shape index (κ1) is 13.3. The van der Waals surface area contributed by atoms with E-state index in [0.29, 0.717) is 12.3 Å². The first-order valence-corrected chi connectivity index (χ1v) is 5.51. The maximum atomic E-state index is 10.7. The van der Waals surface area contributed by atoms with Gasteiger partial charge in [-0.25, -0.2) is 0 Å². The van der Waals surface area contributed by atoms with E-state index < -0.39 is 10.1 Å². The van der Waals surface area contributed by atoms with Crippen molar-refractivity contribution in [3.8, 4) is 5.75 Å². The van der Waals surface area contributed by atoms with Crippen LogP contribution in [0.2, 0.25) is 0 Å². The molecule has 0 spiro atoms. The van der Waals surface area contributed by atoms with Gasteiger partial charge in [-0.15, -0.1) is 0 Å². The van der Waals surface area contributed by atoms with Gasteiger partial charge in [0, 0.05) is 6.54 Å². The van der Waals surface area contributed by atoms with Crippen molar-refractivity contribution in [2.75, 3.05) is 6.26 Å². The smallest absolute Gasteiger partial charge is 0.306 e. The van der Waals surface area contributed by atoms with Crippen LogP contribution in [0.4, 0.5) is 0 Å². The van der Waals surface area contributed by atoms with E-state index >= 15 is 0 Å². The molecule has 1 aromatic rings. The van der Waals surface area contributed by atoms with E-state index in [0.717, 1.165) is 11.8 Å². The van der Waals surface area contributed by atoms with Crippen LogP contribution in [0.25, 0.3) is 0 Å². The van der Waals surface area contributed by atoms with Crippen molar-refractivity contribution in [1.82, 2.24) is 0 Å². The van der Waals surface area contributed by atoms with Gasteiger partial charge in [-0.2, -0.15) is 21.9 Å². The topological polar surface area (TPSA) is 69.4 Å². The third-order valence-electron chi connectivity index (χ3n) is 1.41. The lowest BCUT2D eigenvalue weighted by molar-refractivity contribution is 0.493. The van der Waals surface area contributed by atoms with Crippen molar-refractivity contribution in [2.45, 2.75) is 6.54 Å². The number of nitrogens with two attached hydrogens (primary N) is 1. The maximum Gasteiger partial charge on any atom is 0.306 e. The van der Waals surface area contributed by atoms with E-state index in [1.54, 1.807) is 24.3 Å². The SMILES string of the molecule is CS(=O)(=O)Oc1ccc(CN)cc1.S. The minimum absolute atomic E-state index is 0. The van der Waals surface area contributed by atoms with Crippen LogP contribution in [0.15, 0.2) is 24.3 Å². The molecule has 0 saturated carbocycles. The molecule has 1 rings (SSSR count). The first-order chi connectivity index (χ1) is 6.01. The van der Waals surface area contributed by atoms with Crippen LogP contribution in [0.5, 0.6) is 5.75 Å². The van der Waals surface area contributed by atoms with E-state index in [-0.39, 0.29) is 13.5 Å². The fourth-order valence-corrected chi connectivity index (χ4v) is 1.32. The van der Waals surface area contributed by atoms with Crippen molar-refractivity contribution in [3.63, 3.8) is 0 Å². The second kappa shape index (κ2) is 5.23. The summed E-state index contributed by atoms with van der Waals surface area (Å²) >= 11 is 0. The maximum absolute atomic E-state index is 10.7. The van der Waals surface area contributed by atoms with Crippen molar-refractivity contribution >= 4 is 23.6 Å². The summed E-state index contributed by atoms with van der Waals surface area (Å²) in [5, 5.41) is 0. The third-order valence-corrected chi connectivity index (χ3v) is 1.90. The van der Waals surface area contributed by atoms with Gasteiger partial charge in [0.15, 0.2) is 0 Å². The van der Waals surface area contributed by atoms with Crippen molar-refractivity contribution in [2.24, 2.45) is 5.73 Å². The van der Waals surface area contributed by atoms with Crippen molar-refractivity contribution in [1.29, 1.82) is 0 Å².